The van der Waals surface area contributed by atoms with Gasteiger partial charge in [0.1, 0.15) is 23.4 Å². The zero-order valence-corrected chi connectivity index (χ0v) is 19.5. The Bertz CT molecular complexity index is 1280. The van der Waals surface area contributed by atoms with Gasteiger partial charge < -0.3 is 14.6 Å². The van der Waals surface area contributed by atoms with E-state index in [-0.39, 0.29) is 17.9 Å². The highest BCUT2D eigenvalue weighted by Crippen LogP contribution is 2.43. The Morgan fingerprint density at radius 2 is 1.88 bits per heavy atom. The molecule has 32 heavy (non-hydrogen) atoms. The van der Waals surface area contributed by atoms with E-state index < -0.39 is 0 Å². The summed E-state index contributed by atoms with van der Waals surface area (Å²) < 4.78 is 21.5. The van der Waals surface area contributed by atoms with E-state index in [1.165, 1.54) is 6.07 Å². The maximum Gasteiger partial charge on any atom is 0.174 e. The Balaban J connectivity index is 1.60. The summed E-state index contributed by atoms with van der Waals surface area (Å²) in [6, 6.07) is 22.1. The van der Waals surface area contributed by atoms with E-state index in [9.17, 15) is 4.39 Å². The number of nitrogens with zero attached hydrogens (tertiary/aromatic N) is 2. The second kappa shape index (κ2) is 8.48. The summed E-state index contributed by atoms with van der Waals surface area (Å²) in [7, 11) is 0. The summed E-state index contributed by atoms with van der Waals surface area (Å²) in [5, 5.41) is 3.99. The third-order valence-corrected chi connectivity index (χ3v) is 6.33. The van der Waals surface area contributed by atoms with Crippen LogP contribution in [0, 0.1) is 12.7 Å². The summed E-state index contributed by atoms with van der Waals surface area (Å²) >= 11 is 9.03. The molecular weight excluding hydrogens is 489 g/mol. The number of furan rings is 1. The first kappa shape index (κ1) is 20.8. The zero-order chi connectivity index (χ0) is 22.2. The molecule has 1 saturated heterocycles. The second-order valence-electron chi connectivity index (χ2n) is 7.66. The van der Waals surface area contributed by atoms with Gasteiger partial charge in [0.15, 0.2) is 5.11 Å². The third kappa shape index (κ3) is 3.82. The highest BCUT2D eigenvalue weighted by molar-refractivity contribution is 9.10. The predicted octanol–water partition coefficient (Wildman–Crippen LogP) is 6.73. The Hall–Kier alpha value is -3.03. The molecule has 1 aliphatic rings. The lowest BCUT2D eigenvalue weighted by atomic mass is 10.0. The average molecular weight is 508 g/mol. The lowest BCUT2D eigenvalue weighted by molar-refractivity contribution is 0.438. The Morgan fingerprint density at radius 1 is 1.06 bits per heavy atom. The number of benzene rings is 2. The molecule has 0 amide bonds. The van der Waals surface area contributed by atoms with Gasteiger partial charge in [-0.1, -0.05) is 39.7 Å². The molecule has 4 nitrogen and oxygen atoms in total. The van der Waals surface area contributed by atoms with Crippen LogP contribution in [0.5, 0.6) is 0 Å². The minimum absolute atomic E-state index is 0.223. The van der Waals surface area contributed by atoms with Crippen LogP contribution in [0.15, 0.2) is 87.9 Å². The van der Waals surface area contributed by atoms with Crippen molar-refractivity contribution in [3.05, 3.63) is 106 Å². The number of aryl methyl sites for hydroxylation is 1. The first-order valence-corrected chi connectivity index (χ1v) is 11.3. The van der Waals surface area contributed by atoms with Crippen molar-refractivity contribution in [2.24, 2.45) is 0 Å². The quantitative estimate of drug-likeness (QED) is 0.310. The van der Waals surface area contributed by atoms with E-state index in [2.05, 4.69) is 26.2 Å². The maximum atomic E-state index is 14.6. The van der Waals surface area contributed by atoms with Gasteiger partial charge in [0.25, 0.3) is 0 Å². The van der Waals surface area contributed by atoms with Gasteiger partial charge in [0, 0.05) is 16.4 Å². The van der Waals surface area contributed by atoms with E-state index in [4.69, 9.17) is 16.6 Å². The summed E-state index contributed by atoms with van der Waals surface area (Å²) in [5.41, 5.74) is 3.37. The van der Waals surface area contributed by atoms with Crippen molar-refractivity contribution < 1.29 is 8.81 Å². The van der Waals surface area contributed by atoms with Crippen LogP contribution in [-0.4, -0.2) is 10.1 Å². The molecule has 2 aromatic carbocycles. The van der Waals surface area contributed by atoms with Crippen LogP contribution >= 0.6 is 28.1 Å². The fourth-order valence-electron chi connectivity index (χ4n) is 3.97. The van der Waals surface area contributed by atoms with Crippen LogP contribution < -0.4 is 10.2 Å². The molecule has 2 atom stereocenters. The fourth-order valence-corrected chi connectivity index (χ4v) is 4.65. The third-order valence-electron chi connectivity index (χ3n) is 5.53. The number of hydrogen-bond donors (Lipinski definition) is 1. The number of anilines is 1. The van der Waals surface area contributed by atoms with Crippen LogP contribution in [-0.2, 0) is 0 Å². The number of rotatable bonds is 4. The van der Waals surface area contributed by atoms with Gasteiger partial charge in [-0.05, 0) is 73.7 Å². The Morgan fingerprint density at radius 3 is 2.59 bits per heavy atom. The van der Waals surface area contributed by atoms with Crippen molar-refractivity contribution >= 4 is 38.9 Å². The van der Waals surface area contributed by atoms with Gasteiger partial charge in [-0.15, -0.1) is 0 Å². The highest BCUT2D eigenvalue weighted by Gasteiger charge is 2.42. The van der Waals surface area contributed by atoms with Gasteiger partial charge in [0.2, 0.25) is 0 Å². The molecule has 4 aromatic rings. The molecule has 1 aliphatic heterocycles. The Kier molecular flexibility index (Phi) is 5.53. The molecule has 1 fully saturated rings. The molecule has 0 aliphatic carbocycles. The van der Waals surface area contributed by atoms with Crippen molar-refractivity contribution in [1.29, 1.82) is 0 Å². The van der Waals surface area contributed by atoms with Crippen LogP contribution in [0.4, 0.5) is 10.1 Å². The lowest BCUT2D eigenvalue weighted by Gasteiger charge is -2.26. The molecular formula is C25H19BrFN3OS. The smallest absolute Gasteiger partial charge is 0.174 e. The van der Waals surface area contributed by atoms with Crippen LogP contribution in [0.1, 0.15) is 29.1 Å². The Labute approximate surface area is 199 Å². The molecule has 160 valence electrons. The number of pyridine rings is 1. The number of aromatic nitrogens is 1. The molecule has 0 bridgehead atoms. The molecule has 0 radical (unpaired) electrons. The molecule has 7 heteroatoms. The highest BCUT2D eigenvalue weighted by atomic mass is 79.9. The first-order valence-electron chi connectivity index (χ1n) is 10.1. The maximum absolute atomic E-state index is 14.6. The number of halogens is 2. The minimum atomic E-state index is -0.350. The van der Waals surface area contributed by atoms with E-state index in [0.717, 1.165) is 16.9 Å². The standard InChI is InChI=1S/C25H19BrFN3OS/c1-15-5-8-17(9-6-15)30-24(23(29-25(30)32)20-4-2-3-13-28-20)22-12-11-21(31-22)18-10-7-16(26)14-19(18)27/h2-14,23-24H,1H3,(H,29,32)/t23-,24+/m0/s1. The zero-order valence-electron chi connectivity index (χ0n) is 17.1. The van der Waals surface area contributed by atoms with Crippen molar-refractivity contribution in [1.82, 2.24) is 10.3 Å². The van der Waals surface area contributed by atoms with Gasteiger partial charge >= 0.3 is 0 Å². The van der Waals surface area contributed by atoms with Gasteiger partial charge in [0.05, 0.1) is 17.3 Å². The summed E-state index contributed by atoms with van der Waals surface area (Å²) in [4.78, 5) is 6.58. The minimum Gasteiger partial charge on any atom is -0.459 e. The number of hydrogen-bond acceptors (Lipinski definition) is 3. The molecule has 5 rings (SSSR count). The van der Waals surface area contributed by atoms with Gasteiger partial charge in [-0.2, -0.15) is 0 Å². The molecule has 0 saturated carbocycles. The van der Waals surface area contributed by atoms with Crippen molar-refractivity contribution in [3.63, 3.8) is 0 Å². The monoisotopic (exact) mass is 507 g/mol. The van der Waals surface area contributed by atoms with Gasteiger partial charge in [-0.3, -0.25) is 4.98 Å². The fraction of sp³-hybridized carbons (Fsp3) is 0.120. The predicted molar refractivity (Wildman–Crippen MR) is 131 cm³/mol. The van der Waals surface area contributed by atoms with E-state index in [1.54, 1.807) is 24.4 Å². The van der Waals surface area contributed by atoms with Crippen LogP contribution in [0.3, 0.4) is 0 Å². The van der Waals surface area contributed by atoms with E-state index >= 15 is 0 Å². The molecule has 3 heterocycles. The van der Waals surface area contributed by atoms with Crippen LogP contribution in [0.2, 0.25) is 0 Å². The first-order chi connectivity index (χ1) is 15.5. The van der Waals surface area contributed by atoms with E-state index in [0.29, 0.717) is 26.7 Å². The number of nitrogens with one attached hydrogen (secondary N) is 1. The lowest BCUT2D eigenvalue weighted by Crippen LogP contribution is -2.29. The molecule has 0 spiro atoms. The van der Waals surface area contributed by atoms with Crippen molar-refractivity contribution in [3.8, 4) is 11.3 Å². The van der Waals surface area contributed by atoms with Crippen molar-refractivity contribution in [2.45, 2.75) is 19.0 Å². The van der Waals surface area contributed by atoms with Crippen molar-refractivity contribution in [2.75, 3.05) is 4.90 Å². The molecule has 1 N–H and O–H groups in total. The SMILES string of the molecule is Cc1ccc(N2C(=S)N[C@@H](c3ccccn3)[C@H]2c2ccc(-c3ccc(Br)cc3F)o2)cc1. The second-order valence-corrected chi connectivity index (χ2v) is 8.96. The number of thiocarbonyl (C=S) groups is 1. The van der Waals surface area contributed by atoms with Crippen LogP contribution in [0.25, 0.3) is 11.3 Å². The summed E-state index contributed by atoms with van der Waals surface area (Å²) in [5.74, 6) is 0.786. The average Bonchev–Trinajstić information content (AvgIpc) is 3.39. The normalized spacial score (nSPS) is 18.1. The molecule has 0 unspecified atom stereocenters. The topological polar surface area (TPSA) is 41.3 Å². The van der Waals surface area contributed by atoms with E-state index in [1.807, 2.05) is 60.4 Å². The summed E-state index contributed by atoms with van der Waals surface area (Å²) in [6.45, 7) is 2.05. The largest absolute Gasteiger partial charge is 0.459 e. The molecule has 2 aromatic heterocycles. The summed E-state index contributed by atoms with van der Waals surface area (Å²) in [6.07, 6.45) is 1.76. The van der Waals surface area contributed by atoms with Gasteiger partial charge in [-0.25, -0.2) is 4.39 Å².